The van der Waals surface area contributed by atoms with E-state index in [1.165, 1.54) is 20.1 Å². The summed E-state index contributed by atoms with van der Waals surface area (Å²) in [5.41, 5.74) is 0.757. The van der Waals surface area contributed by atoms with E-state index >= 15 is 0 Å². The minimum atomic E-state index is -0.630. The molecule has 0 aliphatic rings. The molecule has 4 heteroatoms. The van der Waals surface area contributed by atoms with E-state index in [-0.39, 0.29) is 11.4 Å². The van der Waals surface area contributed by atoms with Gasteiger partial charge in [0.15, 0.2) is 5.78 Å². The molecule has 1 aromatic rings. The van der Waals surface area contributed by atoms with Gasteiger partial charge in [-0.1, -0.05) is 25.5 Å². The highest BCUT2D eigenvalue weighted by Gasteiger charge is 2.14. The first-order chi connectivity index (χ1) is 9.58. The summed E-state index contributed by atoms with van der Waals surface area (Å²) in [6.07, 6.45) is 3.57. The third-order valence-corrected chi connectivity index (χ3v) is 2.72. The molecule has 0 amide bonds. The van der Waals surface area contributed by atoms with Crippen molar-refractivity contribution in [3.63, 3.8) is 0 Å². The van der Waals surface area contributed by atoms with Crippen LogP contribution in [0.4, 0.5) is 0 Å². The fourth-order valence-electron chi connectivity index (χ4n) is 1.61. The maximum Gasteiger partial charge on any atom is 0.341 e. The lowest BCUT2D eigenvalue weighted by Crippen LogP contribution is -2.11. The molecule has 0 saturated carbocycles. The number of hydrogen-bond acceptors (Lipinski definition) is 4. The highest BCUT2D eigenvalue weighted by atomic mass is 16.5. The number of Topliss-reactive ketones (excluding diaryl/α,β-unsaturated/α-hetero) is 1. The standard InChI is InChI=1S/C16H20O4/c1-4-5-9-20-14-8-6-7-13(10-14)11-15(12(2)17)16(18)19-3/h6-8,10-11H,4-5,9H2,1-3H3/b15-11+. The van der Waals surface area contributed by atoms with E-state index in [1.807, 2.05) is 12.1 Å². The van der Waals surface area contributed by atoms with Crippen molar-refractivity contribution in [2.75, 3.05) is 13.7 Å². The Balaban J connectivity index is 2.92. The van der Waals surface area contributed by atoms with Crippen molar-refractivity contribution in [3.05, 3.63) is 35.4 Å². The number of hydrogen-bond donors (Lipinski definition) is 0. The molecular formula is C16H20O4. The summed E-state index contributed by atoms with van der Waals surface area (Å²) in [6.45, 7) is 4.09. The average Bonchev–Trinajstić information content (AvgIpc) is 2.44. The minimum absolute atomic E-state index is 0.0261. The summed E-state index contributed by atoms with van der Waals surface area (Å²) >= 11 is 0. The molecule has 0 atom stereocenters. The molecule has 0 aliphatic heterocycles. The molecule has 0 spiro atoms. The van der Waals surface area contributed by atoms with E-state index in [9.17, 15) is 9.59 Å². The van der Waals surface area contributed by atoms with Gasteiger partial charge in [-0.2, -0.15) is 0 Å². The van der Waals surface area contributed by atoms with Gasteiger partial charge in [-0.05, 0) is 37.1 Å². The summed E-state index contributed by atoms with van der Waals surface area (Å²) in [4.78, 5) is 23.0. The van der Waals surface area contributed by atoms with Gasteiger partial charge >= 0.3 is 5.97 Å². The van der Waals surface area contributed by atoms with E-state index in [0.29, 0.717) is 6.61 Å². The quantitative estimate of drug-likeness (QED) is 0.252. The molecule has 0 unspecified atom stereocenters. The van der Waals surface area contributed by atoms with Crippen LogP contribution in [0.15, 0.2) is 29.8 Å². The smallest absolute Gasteiger partial charge is 0.341 e. The van der Waals surface area contributed by atoms with Gasteiger partial charge in [0.1, 0.15) is 11.3 Å². The van der Waals surface area contributed by atoms with Gasteiger partial charge in [0.2, 0.25) is 0 Å². The number of rotatable bonds is 7. The molecule has 0 fully saturated rings. The molecule has 20 heavy (non-hydrogen) atoms. The zero-order chi connectivity index (χ0) is 15.0. The Morgan fingerprint density at radius 1 is 1.30 bits per heavy atom. The van der Waals surface area contributed by atoms with Crippen LogP contribution in [0, 0.1) is 0 Å². The van der Waals surface area contributed by atoms with Crippen LogP contribution in [-0.2, 0) is 14.3 Å². The Morgan fingerprint density at radius 3 is 2.65 bits per heavy atom. The highest BCUT2D eigenvalue weighted by Crippen LogP contribution is 2.17. The summed E-state index contributed by atoms with van der Waals surface area (Å²) in [5.74, 6) is -0.232. The van der Waals surface area contributed by atoms with Crippen molar-refractivity contribution in [2.45, 2.75) is 26.7 Å². The first-order valence-corrected chi connectivity index (χ1v) is 6.62. The molecule has 0 aliphatic carbocycles. The lowest BCUT2D eigenvalue weighted by molar-refractivity contribution is -0.137. The van der Waals surface area contributed by atoms with Crippen LogP contribution < -0.4 is 4.74 Å². The Labute approximate surface area is 119 Å². The Hall–Kier alpha value is -2.10. The lowest BCUT2D eigenvalue weighted by Gasteiger charge is -2.06. The molecule has 0 saturated heterocycles. The van der Waals surface area contributed by atoms with E-state index in [4.69, 9.17) is 4.74 Å². The molecular weight excluding hydrogens is 256 g/mol. The molecule has 0 heterocycles. The third-order valence-electron chi connectivity index (χ3n) is 2.72. The monoisotopic (exact) mass is 276 g/mol. The molecule has 1 aromatic carbocycles. The van der Waals surface area contributed by atoms with Crippen molar-refractivity contribution in [1.29, 1.82) is 0 Å². The van der Waals surface area contributed by atoms with Gasteiger partial charge in [0, 0.05) is 0 Å². The molecule has 0 N–H and O–H groups in total. The third kappa shape index (κ3) is 4.88. The second-order valence-electron chi connectivity index (χ2n) is 4.38. The number of carbonyl (C=O) groups is 2. The van der Waals surface area contributed by atoms with E-state index in [2.05, 4.69) is 11.7 Å². The van der Waals surface area contributed by atoms with E-state index < -0.39 is 5.97 Å². The Kier molecular flexibility index (Phi) is 6.50. The van der Waals surface area contributed by atoms with Crippen molar-refractivity contribution >= 4 is 17.8 Å². The summed E-state index contributed by atoms with van der Waals surface area (Å²) in [7, 11) is 1.25. The number of benzene rings is 1. The number of ether oxygens (including phenoxy) is 2. The molecule has 1 rings (SSSR count). The van der Waals surface area contributed by atoms with Crippen LogP contribution in [0.5, 0.6) is 5.75 Å². The summed E-state index contributed by atoms with van der Waals surface area (Å²) in [6, 6.07) is 7.26. The fraction of sp³-hybridized carbons (Fsp3) is 0.375. The molecule has 0 radical (unpaired) electrons. The SMILES string of the molecule is CCCCOc1cccc(/C=C(\C(C)=O)C(=O)OC)c1. The normalized spacial score (nSPS) is 11.1. The average molecular weight is 276 g/mol. The zero-order valence-electron chi connectivity index (χ0n) is 12.1. The maximum atomic E-state index is 11.5. The van der Waals surface area contributed by atoms with Gasteiger partial charge in [-0.15, -0.1) is 0 Å². The predicted octanol–water partition coefficient (Wildman–Crippen LogP) is 3.01. The zero-order valence-corrected chi connectivity index (χ0v) is 12.1. The van der Waals surface area contributed by atoms with Crippen molar-refractivity contribution in [2.24, 2.45) is 0 Å². The topological polar surface area (TPSA) is 52.6 Å². The second-order valence-corrected chi connectivity index (χ2v) is 4.38. The Morgan fingerprint density at radius 2 is 2.05 bits per heavy atom. The van der Waals surface area contributed by atoms with Gasteiger partial charge in [0.05, 0.1) is 13.7 Å². The second kappa shape index (κ2) is 8.15. The van der Waals surface area contributed by atoms with Gasteiger partial charge in [-0.25, -0.2) is 4.79 Å². The van der Waals surface area contributed by atoms with Crippen LogP contribution in [-0.4, -0.2) is 25.5 Å². The number of ketones is 1. The Bertz CT molecular complexity index is 503. The molecule has 0 aromatic heterocycles. The van der Waals surface area contributed by atoms with Crippen LogP contribution in [0.3, 0.4) is 0 Å². The van der Waals surface area contributed by atoms with Gasteiger partial charge < -0.3 is 9.47 Å². The van der Waals surface area contributed by atoms with Crippen LogP contribution in [0.2, 0.25) is 0 Å². The predicted molar refractivity (Wildman–Crippen MR) is 77.5 cm³/mol. The number of unbranched alkanes of at least 4 members (excludes halogenated alkanes) is 1. The van der Waals surface area contributed by atoms with Crippen molar-refractivity contribution in [1.82, 2.24) is 0 Å². The molecule has 108 valence electrons. The number of esters is 1. The van der Waals surface area contributed by atoms with Crippen LogP contribution in [0.1, 0.15) is 32.3 Å². The first-order valence-electron chi connectivity index (χ1n) is 6.62. The van der Waals surface area contributed by atoms with E-state index in [0.717, 1.165) is 24.2 Å². The molecule has 0 bridgehead atoms. The van der Waals surface area contributed by atoms with Gasteiger partial charge in [0.25, 0.3) is 0 Å². The van der Waals surface area contributed by atoms with Crippen LogP contribution >= 0.6 is 0 Å². The number of carbonyl (C=O) groups excluding carboxylic acids is 2. The van der Waals surface area contributed by atoms with E-state index in [1.54, 1.807) is 12.1 Å². The minimum Gasteiger partial charge on any atom is -0.494 e. The van der Waals surface area contributed by atoms with Crippen LogP contribution in [0.25, 0.3) is 6.08 Å². The molecule has 4 nitrogen and oxygen atoms in total. The maximum absolute atomic E-state index is 11.5. The number of methoxy groups -OCH3 is 1. The van der Waals surface area contributed by atoms with Crippen molar-refractivity contribution < 1.29 is 19.1 Å². The summed E-state index contributed by atoms with van der Waals surface area (Å²) < 4.78 is 10.2. The first kappa shape index (κ1) is 16.0. The largest absolute Gasteiger partial charge is 0.494 e. The highest BCUT2D eigenvalue weighted by molar-refractivity contribution is 6.19. The lowest BCUT2D eigenvalue weighted by atomic mass is 10.1. The summed E-state index contributed by atoms with van der Waals surface area (Å²) in [5, 5.41) is 0. The fourth-order valence-corrected chi connectivity index (χ4v) is 1.61. The van der Waals surface area contributed by atoms with Crippen molar-refractivity contribution in [3.8, 4) is 5.75 Å². The van der Waals surface area contributed by atoms with Gasteiger partial charge in [-0.3, -0.25) is 4.79 Å².